The Balaban J connectivity index is 1.55. The molecular formula is C18H19N3O2S. The molecule has 0 aliphatic heterocycles. The van der Waals surface area contributed by atoms with Crippen molar-refractivity contribution in [1.82, 2.24) is 15.3 Å². The zero-order chi connectivity index (χ0) is 16.8. The summed E-state index contributed by atoms with van der Waals surface area (Å²) in [5.74, 6) is 0.683. The maximum Gasteiger partial charge on any atom is 0.251 e. The fraction of sp³-hybridized carbons (Fsp3) is 0.222. The van der Waals surface area contributed by atoms with Crippen molar-refractivity contribution in [3.63, 3.8) is 0 Å². The molecule has 0 aliphatic carbocycles. The second-order valence-corrected chi connectivity index (χ2v) is 6.12. The van der Waals surface area contributed by atoms with Gasteiger partial charge in [-0.15, -0.1) is 11.3 Å². The fourth-order valence-corrected chi connectivity index (χ4v) is 3.16. The second kappa shape index (κ2) is 7.79. The molecule has 6 heteroatoms. The van der Waals surface area contributed by atoms with Gasteiger partial charge in [0.1, 0.15) is 11.4 Å². The Morgan fingerprint density at radius 1 is 1.29 bits per heavy atom. The number of aromatic amines is 1. The predicted molar refractivity (Wildman–Crippen MR) is 95.5 cm³/mol. The van der Waals surface area contributed by atoms with E-state index < -0.39 is 0 Å². The van der Waals surface area contributed by atoms with E-state index in [0.29, 0.717) is 25.1 Å². The lowest BCUT2D eigenvalue weighted by Gasteiger charge is -2.07. The van der Waals surface area contributed by atoms with Gasteiger partial charge in [-0.3, -0.25) is 4.79 Å². The Labute approximate surface area is 144 Å². The van der Waals surface area contributed by atoms with Gasteiger partial charge in [0.05, 0.1) is 17.8 Å². The molecule has 0 saturated heterocycles. The molecule has 2 aromatic heterocycles. The Kier molecular flexibility index (Phi) is 5.28. The fourth-order valence-electron chi connectivity index (χ4n) is 2.41. The molecule has 0 unspecified atom stereocenters. The van der Waals surface area contributed by atoms with Crippen LogP contribution in [-0.2, 0) is 6.42 Å². The summed E-state index contributed by atoms with van der Waals surface area (Å²) in [6.45, 7) is 3.09. The first-order chi connectivity index (χ1) is 11.8. The highest BCUT2D eigenvalue weighted by molar-refractivity contribution is 7.13. The normalized spacial score (nSPS) is 10.5. The van der Waals surface area contributed by atoms with Crippen LogP contribution in [0.2, 0.25) is 0 Å². The molecule has 24 heavy (non-hydrogen) atoms. The highest BCUT2D eigenvalue weighted by Gasteiger charge is 2.10. The number of nitrogens with zero attached hydrogens (tertiary/aromatic N) is 1. The number of nitrogens with one attached hydrogen (secondary N) is 2. The summed E-state index contributed by atoms with van der Waals surface area (Å²) in [6, 6.07) is 11.2. The molecule has 0 spiro atoms. The third-order valence-corrected chi connectivity index (χ3v) is 4.44. The van der Waals surface area contributed by atoms with E-state index in [0.717, 1.165) is 22.0 Å². The number of H-pyrrole nitrogens is 1. The van der Waals surface area contributed by atoms with Crippen LogP contribution < -0.4 is 10.1 Å². The van der Waals surface area contributed by atoms with Crippen LogP contribution >= 0.6 is 11.3 Å². The van der Waals surface area contributed by atoms with E-state index in [1.54, 1.807) is 29.8 Å². The van der Waals surface area contributed by atoms with Crippen molar-refractivity contribution in [1.29, 1.82) is 0 Å². The first kappa shape index (κ1) is 16.3. The first-order valence-electron chi connectivity index (χ1n) is 7.85. The van der Waals surface area contributed by atoms with Gasteiger partial charge >= 0.3 is 0 Å². The van der Waals surface area contributed by atoms with Crippen LogP contribution in [0.4, 0.5) is 0 Å². The number of carbonyl (C=O) groups is 1. The number of amides is 1. The standard InChI is InChI=1S/C18H19N3O2S/c1-2-23-14-7-5-13(6-8-14)18(22)19-10-9-15-17(21-12-20-15)16-4-3-11-24-16/h3-8,11-12H,2,9-10H2,1H3,(H,19,22)(H,20,21). The van der Waals surface area contributed by atoms with Crippen LogP contribution in [0.15, 0.2) is 48.1 Å². The molecule has 3 aromatic rings. The number of carbonyl (C=O) groups excluding carboxylic acids is 1. The summed E-state index contributed by atoms with van der Waals surface area (Å²) in [7, 11) is 0. The highest BCUT2D eigenvalue weighted by Crippen LogP contribution is 2.25. The molecule has 2 N–H and O–H groups in total. The van der Waals surface area contributed by atoms with Gasteiger partial charge in [0, 0.05) is 24.2 Å². The SMILES string of the molecule is CCOc1ccc(C(=O)NCCc2[nH]cnc2-c2cccs2)cc1. The zero-order valence-corrected chi connectivity index (χ0v) is 14.2. The average Bonchev–Trinajstić information content (AvgIpc) is 3.27. The van der Waals surface area contributed by atoms with Crippen molar-refractivity contribution in [2.45, 2.75) is 13.3 Å². The van der Waals surface area contributed by atoms with Crippen molar-refractivity contribution >= 4 is 17.2 Å². The van der Waals surface area contributed by atoms with E-state index in [2.05, 4.69) is 15.3 Å². The topological polar surface area (TPSA) is 67.0 Å². The molecule has 3 rings (SSSR count). The molecule has 0 fully saturated rings. The maximum absolute atomic E-state index is 12.2. The van der Waals surface area contributed by atoms with Gasteiger partial charge in [-0.1, -0.05) is 6.07 Å². The van der Waals surface area contributed by atoms with E-state index in [1.807, 2.05) is 36.6 Å². The van der Waals surface area contributed by atoms with Crippen LogP contribution in [0.1, 0.15) is 23.0 Å². The second-order valence-electron chi connectivity index (χ2n) is 5.17. The van der Waals surface area contributed by atoms with Crippen LogP contribution in [0, 0.1) is 0 Å². The number of ether oxygens (including phenoxy) is 1. The van der Waals surface area contributed by atoms with E-state index in [-0.39, 0.29) is 5.91 Å². The first-order valence-corrected chi connectivity index (χ1v) is 8.73. The monoisotopic (exact) mass is 341 g/mol. The van der Waals surface area contributed by atoms with Crippen LogP contribution in [-0.4, -0.2) is 29.0 Å². The Bertz CT molecular complexity index is 779. The van der Waals surface area contributed by atoms with E-state index in [9.17, 15) is 4.79 Å². The number of rotatable bonds is 7. The van der Waals surface area contributed by atoms with E-state index in [4.69, 9.17) is 4.74 Å². The minimum Gasteiger partial charge on any atom is -0.494 e. The smallest absolute Gasteiger partial charge is 0.251 e. The van der Waals surface area contributed by atoms with Crippen LogP contribution in [0.5, 0.6) is 5.75 Å². The summed E-state index contributed by atoms with van der Waals surface area (Å²) in [6.07, 6.45) is 2.40. The molecule has 124 valence electrons. The molecule has 2 heterocycles. The van der Waals surface area contributed by atoms with Crippen molar-refractivity contribution in [2.24, 2.45) is 0 Å². The molecule has 0 aliphatic rings. The van der Waals surface area contributed by atoms with E-state index in [1.165, 1.54) is 0 Å². The Hall–Kier alpha value is -2.60. The minimum atomic E-state index is -0.0877. The molecule has 5 nitrogen and oxygen atoms in total. The van der Waals surface area contributed by atoms with Gasteiger partial charge in [0.2, 0.25) is 0 Å². The lowest BCUT2D eigenvalue weighted by Crippen LogP contribution is -2.25. The van der Waals surface area contributed by atoms with Crippen molar-refractivity contribution in [3.8, 4) is 16.3 Å². The molecule has 0 radical (unpaired) electrons. The van der Waals surface area contributed by atoms with Gasteiger partial charge < -0.3 is 15.0 Å². The number of benzene rings is 1. The largest absolute Gasteiger partial charge is 0.494 e. The van der Waals surface area contributed by atoms with Gasteiger partial charge in [0.15, 0.2) is 0 Å². The number of thiophene rings is 1. The summed E-state index contributed by atoms with van der Waals surface area (Å²) >= 11 is 1.66. The van der Waals surface area contributed by atoms with Crippen molar-refractivity contribution < 1.29 is 9.53 Å². The lowest BCUT2D eigenvalue weighted by atomic mass is 10.2. The van der Waals surface area contributed by atoms with Crippen molar-refractivity contribution in [2.75, 3.05) is 13.2 Å². The number of hydrogen-bond acceptors (Lipinski definition) is 4. The Morgan fingerprint density at radius 3 is 2.83 bits per heavy atom. The third kappa shape index (κ3) is 3.83. The van der Waals surface area contributed by atoms with Crippen LogP contribution in [0.25, 0.3) is 10.6 Å². The average molecular weight is 341 g/mol. The number of imidazole rings is 1. The summed E-state index contributed by atoms with van der Waals surface area (Å²) in [4.78, 5) is 20.8. The van der Waals surface area contributed by atoms with Crippen molar-refractivity contribution in [3.05, 3.63) is 59.4 Å². The molecule has 0 bridgehead atoms. The molecule has 1 amide bonds. The molecule has 1 aromatic carbocycles. The van der Waals surface area contributed by atoms with Gasteiger partial charge in [-0.05, 0) is 42.6 Å². The predicted octanol–water partition coefficient (Wildman–Crippen LogP) is 3.51. The third-order valence-electron chi connectivity index (χ3n) is 3.56. The quantitative estimate of drug-likeness (QED) is 0.691. The molecular weight excluding hydrogens is 322 g/mol. The molecule has 0 atom stereocenters. The lowest BCUT2D eigenvalue weighted by molar-refractivity contribution is 0.0954. The molecule has 0 saturated carbocycles. The number of aromatic nitrogens is 2. The summed E-state index contributed by atoms with van der Waals surface area (Å²) in [5, 5.41) is 4.97. The van der Waals surface area contributed by atoms with Gasteiger partial charge in [0.25, 0.3) is 5.91 Å². The van der Waals surface area contributed by atoms with Crippen LogP contribution in [0.3, 0.4) is 0 Å². The maximum atomic E-state index is 12.2. The van der Waals surface area contributed by atoms with E-state index >= 15 is 0 Å². The Morgan fingerprint density at radius 2 is 2.12 bits per heavy atom. The zero-order valence-electron chi connectivity index (χ0n) is 13.4. The minimum absolute atomic E-state index is 0.0877. The van der Waals surface area contributed by atoms with Gasteiger partial charge in [-0.25, -0.2) is 4.98 Å². The van der Waals surface area contributed by atoms with Gasteiger partial charge in [-0.2, -0.15) is 0 Å². The summed E-state index contributed by atoms with van der Waals surface area (Å²) in [5.41, 5.74) is 2.62. The highest BCUT2D eigenvalue weighted by atomic mass is 32.1. The number of hydrogen-bond donors (Lipinski definition) is 2. The summed E-state index contributed by atoms with van der Waals surface area (Å²) < 4.78 is 5.38.